The van der Waals surface area contributed by atoms with Crippen LogP contribution < -0.4 is 5.32 Å². The largest absolute Gasteiger partial charge is 0.356 e. The van der Waals surface area contributed by atoms with Gasteiger partial charge < -0.3 is 5.32 Å². The lowest BCUT2D eigenvalue weighted by Crippen LogP contribution is -2.27. The highest BCUT2D eigenvalue weighted by atomic mass is 35.5. The Hall–Kier alpha value is -2.73. The molecule has 0 aliphatic carbocycles. The van der Waals surface area contributed by atoms with Crippen molar-refractivity contribution in [2.45, 2.75) is 43.2 Å². The zero-order chi connectivity index (χ0) is 26.6. The number of carbonyl (C=O) groups excluding carboxylic acids is 2. The molecule has 1 amide bonds. The Labute approximate surface area is 225 Å². The number of nitrogens with one attached hydrogen (secondary N) is 1. The molecule has 0 spiro atoms. The highest BCUT2D eigenvalue weighted by Crippen LogP contribution is 2.27. The lowest BCUT2D eigenvalue weighted by atomic mass is 10.1. The van der Waals surface area contributed by atoms with Crippen LogP contribution in [0.3, 0.4) is 0 Å². The number of aryl methyl sites for hydroxylation is 1. The van der Waals surface area contributed by atoms with Gasteiger partial charge in [0, 0.05) is 43.6 Å². The first-order valence-electron chi connectivity index (χ1n) is 11.9. The van der Waals surface area contributed by atoms with Crippen molar-refractivity contribution in [2.75, 3.05) is 25.4 Å². The molecular weight excluding hydrogens is 534 g/mol. The Morgan fingerprint density at radius 2 is 1.78 bits per heavy atom. The van der Waals surface area contributed by atoms with Crippen molar-refractivity contribution in [3.05, 3.63) is 64.4 Å². The first-order valence-corrected chi connectivity index (χ1v) is 14.7. The zero-order valence-corrected chi connectivity index (χ0v) is 23.0. The molecule has 0 bridgehead atoms. The number of hydrogen-bond acceptors (Lipinski definition) is 7. The van der Waals surface area contributed by atoms with Gasteiger partial charge in [-0.15, -0.1) is 10.2 Å². The van der Waals surface area contributed by atoms with E-state index in [1.165, 1.54) is 35.1 Å². The van der Waals surface area contributed by atoms with Gasteiger partial charge >= 0.3 is 0 Å². The number of aromatic nitrogens is 3. The van der Waals surface area contributed by atoms with Crippen LogP contribution in [0.4, 0.5) is 0 Å². The lowest BCUT2D eigenvalue weighted by Gasteiger charge is -2.15. The van der Waals surface area contributed by atoms with Crippen LogP contribution in [-0.2, 0) is 21.2 Å². The molecule has 12 heteroatoms. The minimum atomic E-state index is -3.53. The van der Waals surface area contributed by atoms with Crippen molar-refractivity contribution in [3.8, 4) is 5.69 Å². The number of thioether (sulfide) groups is 1. The van der Waals surface area contributed by atoms with Crippen molar-refractivity contribution in [1.29, 1.82) is 0 Å². The summed E-state index contributed by atoms with van der Waals surface area (Å²) in [5.41, 5.74) is 2.10. The maximum Gasteiger partial charge on any atom is 0.243 e. The molecule has 1 fully saturated rings. The van der Waals surface area contributed by atoms with Crippen LogP contribution in [0.1, 0.15) is 41.5 Å². The maximum absolute atomic E-state index is 12.9. The van der Waals surface area contributed by atoms with E-state index >= 15 is 0 Å². The molecule has 1 N–H and O–H groups in total. The summed E-state index contributed by atoms with van der Waals surface area (Å²) in [6.45, 7) is 4.81. The molecule has 1 aliphatic rings. The van der Waals surface area contributed by atoms with Crippen LogP contribution in [0, 0.1) is 6.92 Å². The second-order valence-corrected chi connectivity index (χ2v) is 12.0. The third-order valence-electron chi connectivity index (χ3n) is 6.05. The highest BCUT2D eigenvalue weighted by molar-refractivity contribution is 7.99. The van der Waals surface area contributed by atoms with E-state index < -0.39 is 10.0 Å². The van der Waals surface area contributed by atoms with Crippen LogP contribution in [0.25, 0.3) is 5.69 Å². The molecule has 37 heavy (non-hydrogen) atoms. The van der Waals surface area contributed by atoms with E-state index in [0.29, 0.717) is 47.6 Å². The Kier molecular flexibility index (Phi) is 8.68. The van der Waals surface area contributed by atoms with Crippen molar-refractivity contribution in [1.82, 2.24) is 24.4 Å². The SMILES string of the molecule is CC(=O)NCCc1nnc(SCC(=O)c2ccc(S(=O)(=O)N3CCCC3)cc2)n1-c1ccc(C)c(Cl)c1. The molecule has 196 valence electrons. The second-order valence-electron chi connectivity index (χ2n) is 8.75. The monoisotopic (exact) mass is 561 g/mol. The number of hydrogen-bond donors (Lipinski definition) is 1. The van der Waals surface area contributed by atoms with Crippen LogP contribution in [0.2, 0.25) is 5.02 Å². The third kappa shape index (κ3) is 6.40. The Morgan fingerprint density at radius 1 is 1.08 bits per heavy atom. The van der Waals surface area contributed by atoms with E-state index in [0.717, 1.165) is 24.1 Å². The van der Waals surface area contributed by atoms with Crippen LogP contribution >= 0.6 is 23.4 Å². The molecule has 0 unspecified atom stereocenters. The number of ketones is 1. The number of halogens is 1. The summed E-state index contributed by atoms with van der Waals surface area (Å²) >= 11 is 7.59. The maximum atomic E-state index is 12.9. The number of rotatable bonds is 10. The molecular formula is C25H28ClN5O4S2. The summed E-state index contributed by atoms with van der Waals surface area (Å²) in [6.07, 6.45) is 2.17. The first-order chi connectivity index (χ1) is 17.7. The Morgan fingerprint density at radius 3 is 2.43 bits per heavy atom. The van der Waals surface area contributed by atoms with Gasteiger partial charge in [0.15, 0.2) is 10.9 Å². The van der Waals surface area contributed by atoms with Gasteiger partial charge in [0.05, 0.1) is 16.3 Å². The molecule has 1 aromatic heterocycles. The number of benzene rings is 2. The van der Waals surface area contributed by atoms with Crippen LogP contribution in [0.5, 0.6) is 0 Å². The molecule has 0 saturated carbocycles. The van der Waals surface area contributed by atoms with E-state index in [2.05, 4.69) is 15.5 Å². The molecule has 4 rings (SSSR count). The van der Waals surface area contributed by atoms with Gasteiger partial charge in [-0.3, -0.25) is 14.2 Å². The molecule has 2 aromatic carbocycles. The standard InChI is InChI=1S/C25H28ClN5O4S2/c1-17-5-8-20(15-22(17)26)31-24(11-12-27-18(2)32)28-29-25(31)36-16-23(33)19-6-9-21(10-7-19)37(34,35)30-13-3-4-14-30/h5-10,15H,3-4,11-14,16H2,1-2H3,(H,27,32). The Balaban J connectivity index is 1.50. The second kappa shape index (κ2) is 11.8. The molecule has 0 atom stereocenters. The van der Waals surface area contributed by atoms with E-state index in [1.54, 1.807) is 12.1 Å². The van der Waals surface area contributed by atoms with E-state index in [4.69, 9.17) is 11.6 Å². The van der Waals surface area contributed by atoms with Crippen molar-refractivity contribution in [3.63, 3.8) is 0 Å². The summed E-state index contributed by atoms with van der Waals surface area (Å²) < 4.78 is 28.8. The fraction of sp³-hybridized carbons (Fsp3) is 0.360. The van der Waals surface area contributed by atoms with Crippen molar-refractivity contribution >= 4 is 45.1 Å². The molecule has 9 nitrogen and oxygen atoms in total. The number of Topliss-reactive ketones (excluding diaryl/α,β-unsaturated/α-hetero) is 1. The molecule has 1 aliphatic heterocycles. The predicted molar refractivity (Wildman–Crippen MR) is 143 cm³/mol. The fourth-order valence-corrected chi connectivity index (χ4v) is 6.55. The third-order valence-corrected chi connectivity index (χ3v) is 9.30. The fourth-order valence-electron chi connectivity index (χ4n) is 3.99. The van der Waals surface area contributed by atoms with E-state index in [9.17, 15) is 18.0 Å². The number of sulfonamides is 1. The summed E-state index contributed by atoms with van der Waals surface area (Å²) in [7, 11) is -3.53. The van der Waals surface area contributed by atoms with Crippen LogP contribution in [-0.4, -0.2) is 64.6 Å². The average molecular weight is 562 g/mol. The Bertz CT molecular complexity index is 1400. The van der Waals surface area contributed by atoms with Gasteiger partial charge in [0.25, 0.3) is 0 Å². The number of amides is 1. The minimum absolute atomic E-state index is 0.0850. The highest BCUT2D eigenvalue weighted by Gasteiger charge is 2.27. The van der Waals surface area contributed by atoms with Gasteiger partial charge in [-0.2, -0.15) is 4.31 Å². The molecule has 3 aromatic rings. The van der Waals surface area contributed by atoms with Gasteiger partial charge in [0.1, 0.15) is 5.82 Å². The van der Waals surface area contributed by atoms with E-state index in [1.807, 2.05) is 29.7 Å². The zero-order valence-electron chi connectivity index (χ0n) is 20.6. The number of carbonyl (C=O) groups is 2. The molecule has 0 radical (unpaired) electrons. The number of nitrogens with zero attached hydrogens (tertiary/aromatic N) is 4. The summed E-state index contributed by atoms with van der Waals surface area (Å²) in [6, 6.07) is 11.7. The van der Waals surface area contributed by atoms with Gasteiger partial charge in [-0.25, -0.2) is 8.42 Å². The normalized spacial score (nSPS) is 14.1. The van der Waals surface area contributed by atoms with Crippen molar-refractivity contribution in [2.24, 2.45) is 0 Å². The molecule has 2 heterocycles. The lowest BCUT2D eigenvalue weighted by molar-refractivity contribution is -0.118. The predicted octanol–water partition coefficient (Wildman–Crippen LogP) is 3.67. The first kappa shape index (κ1) is 27.3. The molecule has 1 saturated heterocycles. The topological polar surface area (TPSA) is 114 Å². The van der Waals surface area contributed by atoms with Gasteiger partial charge in [-0.05, 0) is 49.6 Å². The van der Waals surface area contributed by atoms with E-state index in [-0.39, 0.29) is 22.3 Å². The average Bonchev–Trinajstić information content (AvgIpc) is 3.55. The minimum Gasteiger partial charge on any atom is -0.356 e. The summed E-state index contributed by atoms with van der Waals surface area (Å²) in [5.74, 6) is 0.414. The van der Waals surface area contributed by atoms with Crippen molar-refractivity contribution < 1.29 is 18.0 Å². The van der Waals surface area contributed by atoms with Crippen LogP contribution in [0.15, 0.2) is 52.5 Å². The van der Waals surface area contributed by atoms with Gasteiger partial charge in [-0.1, -0.05) is 41.6 Å². The summed E-state index contributed by atoms with van der Waals surface area (Å²) in [5, 5.41) is 12.4. The van der Waals surface area contributed by atoms with Gasteiger partial charge in [0.2, 0.25) is 15.9 Å². The smallest absolute Gasteiger partial charge is 0.243 e. The quantitative estimate of drug-likeness (QED) is 0.297. The summed E-state index contributed by atoms with van der Waals surface area (Å²) in [4.78, 5) is 24.4.